The molecule has 2 atom stereocenters. The van der Waals surface area contributed by atoms with Crippen LogP contribution >= 0.6 is 0 Å². The Balaban J connectivity index is 1.80. The zero-order valence-corrected chi connectivity index (χ0v) is 9.16. The molecule has 3 heteroatoms. The van der Waals surface area contributed by atoms with E-state index in [1.165, 1.54) is 0 Å². The van der Waals surface area contributed by atoms with E-state index in [9.17, 15) is 0 Å². The van der Waals surface area contributed by atoms with E-state index in [0.717, 1.165) is 32.5 Å². The van der Waals surface area contributed by atoms with Crippen molar-refractivity contribution in [2.45, 2.75) is 51.4 Å². The standard InChI is InChI=1S/C11H21NO2/c1-11(2)9(12)7-10(11)14-8-3-5-13-6-4-8/h8-10H,3-7,12H2,1-2H3. The number of nitrogens with two attached hydrogens (primary N) is 1. The first kappa shape index (κ1) is 10.4. The Hall–Kier alpha value is -0.120. The van der Waals surface area contributed by atoms with E-state index in [1.807, 2.05) is 0 Å². The molecule has 82 valence electrons. The Morgan fingerprint density at radius 3 is 2.43 bits per heavy atom. The van der Waals surface area contributed by atoms with Gasteiger partial charge in [0.05, 0.1) is 12.2 Å². The molecule has 1 saturated carbocycles. The molecular weight excluding hydrogens is 178 g/mol. The lowest BCUT2D eigenvalue weighted by atomic mass is 9.65. The van der Waals surface area contributed by atoms with Crippen molar-refractivity contribution < 1.29 is 9.47 Å². The van der Waals surface area contributed by atoms with Gasteiger partial charge in [0.15, 0.2) is 0 Å². The highest BCUT2D eigenvalue weighted by molar-refractivity contribution is 5.01. The van der Waals surface area contributed by atoms with E-state index in [1.54, 1.807) is 0 Å². The summed E-state index contributed by atoms with van der Waals surface area (Å²) in [6.45, 7) is 6.10. The van der Waals surface area contributed by atoms with Gasteiger partial charge < -0.3 is 15.2 Å². The van der Waals surface area contributed by atoms with Crippen LogP contribution in [0.3, 0.4) is 0 Å². The molecule has 14 heavy (non-hydrogen) atoms. The van der Waals surface area contributed by atoms with E-state index in [0.29, 0.717) is 18.2 Å². The largest absolute Gasteiger partial charge is 0.381 e. The molecule has 2 aliphatic rings. The molecule has 2 fully saturated rings. The van der Waals surface area contributed by atoms with Crippen molar-refractivity contribution in [2.75, 3.05) is 13.2 Å². The van der Waals surface area contributed by atoms with Crippen LogP contribution in [0.2, 0.25) is 0 Å². The van der Waals surface area contributed by atoms with Crippen LogP contribution in [-0.4, -0.2) is 31.5 Å². The summed E-state index contributed by atoms with van der Waals surface area (Å²) in [5, 5.41) is 0. The lowest BCUT2D eigenvalue weighted by Crippen LogP contribution is -2.60. The highest BCUT2D eigenvalue weighted by Gasteiger charge is 2.47. The predicted molar refractivity (Wildman–Crippen MR) is 55.1 cm³/mol. The average molecular weight is 199 g/mol. The van der Waals surface area contributed by atoms with Gasteiger partial charge in [0.1, 0.15) is 0 Å². The first-order valence-electron chi connectivity index (χ1n) is 5.59. The summed E-state index contributed by atoms with van der Waals surface area (Å²) >= 11 is 0. The smallest absolute Gasteiger partial charge is 0.0659 e. The Kier molecular flexibility index (Phi) is 2.82. The second-order valence-corrected chi connectivity index (χ2v) is 5.10. The number of hydrogen-bond acceptors (Lipinski definition) is 3. The summed E-state index contributed by atoms with van der Waals surface area (Å²) in [6.07, 6.45) is 3.87. The van der Waals surface area contributed by atoms with Crippen molar-refractivity contribution in [1.29, 1.82) is 0 Å². The molecule has 1 aliphatic heterocycles. The molecular formula is C11H21NO2. The Bertz CT molecular complexity index is 199. The fourth-order valence-corrected chi connectivity index (χ4v) is 2.19. The summed E-state index contributed by atoms with van der Waals surface area (Å²) in [5.41, 5.74) is 6.11. The minimum atomic E-state index is 0.165. The third-order valence-electron chi connectivity index (χ3n) is 3.78. The monoisotopic (exact) mass is 199 g/mol. The average Bonchev–Trinajstić information content (AvgIpc) is 2.19. The van der Waals surface area contributed by atoms with E-state index in [4.69, 9.17) is 15.2 Å². The second-order valence-electron chi connectivity index (χ2n) is 5.10. The van der Waals surface area contributed by atoms with Gasteiger partial charge >= 0.3 is 0 Å². The maximum Gasteiger partial charge on any atom is 0.0659 e. The Morgan fingerprint density at radius 2 is 1.93 bits per heavy atom. The van der Waals surface area contributed by atoms with Crippen molar-refractivity contribution in [1.82, 2.24) is 0 Å². The number of hydrogen-bond donors (Lipinski definition) is 1. The normalized spacial score (nSPS) is 37.9. The van der Waals surface area contributed by atoms with Crippen molar-refractivity contribution in [3.05, 3.63) is 0 Å². The fourth-order valence-electron chi connectivity index (χ4n) is 2.19. The maximum absolute atomic E-state index is 6.05. The first-order chi connectivity index (χ1) is 6.60. The fraction of sp³-hybridized carbons (Fsp3) is 1.00. The van der Waals surface area contributed by atoms with Gasteiger partial charge in [-0.1, -0.05) is 13.8 Å². The van der Waals surface area contributed by atoms with Gasteiger partial charge in [-0.3, -0.25) is 0 Å². The van der Waals surface area contributed by atoms with E-state index in [-0.39, 0.29) is 5.41 Å². The third-order valence-corrected chi connectivity index (χ3v) is 3.78. The van der Waals surface area contributed by atoms with Crippen LogP contribution in [0.15, 0.2) is 0 Å². The molecule has 2 N–H and O–H groups in total. The van der Waals surface area contributed by atoms with Gasteiger partial charge in [-0.05, 0) is 19.3 Å². The predicted octanol–water partition coefficient (Wildman–Crippen LogP) is 1.31. The topological polar surface area (TPSA) is 44.5 Å². The van der Waals surface area contributed by atoms with E-state index in [2.05, 4.69) is 13.8 Å². The highest BCUT2D eigenvalue weighted by atomic mass is 16.5. The molecule has 0 aromatic heterocycles. The molecule has 0 aromatic rings. The van der Waals surface area contributed by atoms with E-state index < -0.39 is 0 Å². The van der Waals surface area contributed by atoms with Crippen LogP contribution in [0, 0.1) is 5.41 Å². The maximum atomic E-state index is 6.05. The van der Waals surface area contributed by atoms with Crippen LogP contribution in [0.5, 0.6) is 0 Å². The van der Waals surface area contributed by atoms with Gasteiger partial charge in [-0.15, -0.1) is 0 Å². The zero-order chi connectivity index (χ0) is 10.2. The van der Waals surface area contributed by atoms with Gasteiger partial charge in [-0.25, -0.2) is 0 Å². The number of rotatable bonds is 2. The molecule has 0 bridgehead atoms. The molecule has 0 radical (unpaired) electrons. The molecule has 2 rings (SSSR count). The molecule has 0 aromatic carbocycles. The lowest BCUT2D eigenvalue weighted by molar-refractivity contribution is -0.158. The van der Waals surface area contributed by atoms with Gasteiger partial charge in [0.25, 0.3) is 0 Å². The van der Waals surface area contributed by atoms with Crippen molar-refractivity contribution >= 4 is 0 Å². The summed E-state index contributed by atoms with van der Waals surface area (Å²) in [6, 6.07) is 0.312. The quantitative estimate of drug-likeness (QED) is 0.729. The van der Waals surface area contributed by atoms with Crippen LogP contribution in [0.4, 0.5) is 0 Å². The van der Waals surface area contributed by atoms with Gasteiger partial charge in [0, 0.05) is 24.7 Å². The second kappa shape index (κ2) is 3.80. The number of ether oxygens (including phenoxy) is 2. The van der Waals surface area contributed by atoms with Gasteiger partial charge in [0.2, 0.25) is 0 Å². The third kappa shape index (κ3) is 1.81. The summed E-state index contributed by atoms with van der Waals surface area (Å²) in [5.74, 6) is 0. The Morgan fingerprint density at radius 1 is 1.29 bits per heavy atom. The highest BCUT2D eigenvalue weighted by Crippen LogP contribution is 2.42. The molecule has 0 amide bonds. The zero-order valence-electron chi connectivity index (χ0n) is 9.16. The molecule has 1 saturated heterocycles. The molecule has 1 heterocycles. The molecule has 0 spiro atoms. The Labute approximate surface area is 85.9 Å². The minimum Gasteiger partial charge on any atom is -0.381 e. The van der Waals surface area contributed by atoms with Crippen molar-refractivity contribution in [3.8, 4) is 0 Å². The lowest BCUT2D eigenvalue weighted by Gasteiger charge is -2.51. The van der Waals surface area contributed by atoms with Crippen molar-refractivity contribution in [3.63, 3.8) is 0 Å². The summed E-state index contributed by atoms with van der Waals surface area (Å²) < 4.78 is 11.4. The summed E-state index contributed by atoms with van der Waals surface area (Å²) in [7, 11) is 0. The van der Waals surface area contributed by atoms with Crippen LogP contribution in [0.25, 0.3) is 0 Å². The van der Waals surface area contributed by atoms with Crippen LogP contribution < -0.4 is 5.73 Å². The van der Waals surface area contributed by atoms with Crippen LogP contribution in [-0.2, 0) is 9.47 Å². The first-order valence-corrected chi connectivity index (χ1v) is 5.59. The van der Waals surface area contributed by atoms with Crippen LogP contribution in [0.1, 0.15) is 33.1 Å². The van der Waals surface area contributed by atoms with E-state index >= 15 is 0 Å². The van der Waals surface area contributed by atoms with Crippen molar-refractivity contribution in [2.24, 2.45) is 11.1 Å². The van der Waals surface area contributed by atoms with Gasteiger partial charge in [-0.2, -0.15) is 0 Å². The minimum absolute atomic E-state index is 0.165. The molecule has 1 aliphatic carbocycles. The summed E-state index contributed by atoms with van der Waals surface area (Å²) in [4.78, 5) is 0. The molecule has 3 nitrogen and oxygen atoms in total. The SMILES string of the molecule is CC1(C)C(N)CC1OC1CCOCC1. The molecule has 2 unspecified atom stereocenters.